The second kappa shape index (κ2) is 8.81. The molecule has 3 rings (SSSR count). The van der Waals surface area contributed by atoms with Gasteiger partial charge in [-0.05, 0) is 81.4 Å². The third kappa shape index (κ3) is 4.72. The van der Waals surface area contributed by atoms with Gasteiger partial charge in [-0.3, -0.25) is 24.1 Å². The van der Waals surface area contributed by atoms with Crippen molar-refractivity contribution in [2.75, 3.05) is 6.54 Å². The van der Waals surface area contributed by atoms with Crippen LogP contribution in [0.5, 0.6) is 0 Å². The van der Waals surface area contributed by atoms with E-state index in [1.807, 2.05) is 24.5 Å². The van der Waals surface area contributed by atoms with E-state index in [2.05, 4.69) is 0 Å². The van der Waals surface area contributed by atoms with Crippen molar-refractivity contribution in [3.8, 4) is 5.69 Å². The molecule has 0 unspecified atom stereocenters. The van der Waals surface area contributed by atoms with Gasteiger partial charge in [0.05, 0.1) is 11.0 Å². The second-order valence-corrected chi connectivity index (χ2v) is 8.37. The number of imide groups is 1. The fourth-order valence-corrected chi connectivity index (χ4v) is 4.14. The summed E-state index contributed by atoms with van der Waals surface area (Å²) in [6.07, 6.45) is 1.32. The van der Waals surface area contributed by atoms with Crippen LogP contribution in [0.3, 0.4) is 0 Å². The number of carbonyl (C=O) groups is 4. The lowest BCUT2D eigenvalue weighted by Crippen LogP contribution is -2.35. The largest absolute Gasteiger partial charge is 0.462 e. The standard InChI is InChI=1S/C22H23N3O5S/c1-12(2)30-19(26)11-24-21(28)18(31-22(24)29)10-16-9-13(3)25(14(16)4)17-7-5-15(6-8-17)20(23)27/h5-10,12H,11H2,1-4H3,(H2,23,27)/b18-10+. The van der Waals surface area contributed by atoms with Gasteiger partial charge in [-0.1, -0.05) is 0 Å². The van der Waals surface area contributed by atoms with Crippen LogP contribution in [0, 0.1) is 13.8 Å². The molecule has 0 bridgehead atoms. The summed E-state index contributed by atoms with van der Waals surface area (Å²) in [5, 5.41) is -0.507. The summed E-state index contributed by atoms with van der Waals surface area (Å²) in [6.45, 7) is 6.79. The number of thioether (sulfide) groups is 1. The average molecular weight is 442 g/mol. The van der Waals surface area contributed by atoms with Gasteiger partial charge in [0.25, 0.3) is 11.1 Å². The molecule has 0 saturated carbocycles. The molecule has 1 aromatic carbocycles. The van der Waals surface area contributed by atoms with Gasteiger partial charge in [0.1, 0.15) is 6.54 Å². The lowest BCUT2D eigenvalue weighted by Gasteiger charge is -2.13. The molecule has 0 atom stereocenters. The van der Waals surface area contributed by atoms with Gasteiger partial charge in [0.15, 0.2) is 0 Å². The number of aryl methyl sites for hydroxylation is 1. The molecule has 8 nitrogen and oxygen atoms in total. The second-order valence-electron chi connectivity index (χ2n) is 7.38. The first-order chi connectivity index (χ1) is 14.6. The Labute approximate surface area is 184 Å². The third-order valence-electron chi connectivity index (χ3n) is 4.69. The molecule has 1 aromatic heterocycles. The Morgan fingerprint density at radius 1 is 1.16 bits per heavy atom. The molecule has 1 aliphatic rings. The van der Waals surface area contributed by atoms with Crippen LogP contribution in [0.2, 0.25) is 0 Å². The van der Waals surface area contributed by atoms with Crippen LogP contribution >= 0.6 is 11.8 Å². The molecule has 3 amide bonds. The smallest absolute Gasteiger partial charge is 0.326 e. The predicted octanol–water partition coefficient (Wildman–Crippen LogP) is 3.18. The van der Waals surface area contributed by atoms with Crippen LogP contribution < -0.4 is 5.73 Å². The molecule has 0 spiro atoms. The molecule has 0 radical (unpaired) electrons. The van der Waals surface area contributed by atoms with Gasteiger partial charge >= 0.3 is 5.97 Å². The molecule has 2 N–H and O–H groups in total. The maximum absolute atomic E-state index is 12.7. The summed E-state index contributed by atoms with van der Waals surface area (Å²) in [7, 11) is 0. The number of ether oxygens (including phenoxy) is 1. The zero-order chi connectivity index (χ0) is 22.9. The highest BCUT2D eigenvalue weighted by atomic mass is 32.2. The maximum atomic E-state index is 12.7. The first-order valence-electron chi connectivity index (χ1n) is 9.62. The third-order valence-corrected chi connectivity index (χ3v) is 5.60. The molecular weight excluding hydrogens is 418 g/mol. The van der Waals surface area contributed by atoms with Crippen LogP contribution in [0.1, 0.15) is 41.2 Å². The quantitative estimate of drug-likeness (QED) is 0.544. The van der Waals surface area contributed by atoms with E-state index in [1.54, 1.807) is 44.2 Å². The Kier molecular flexibility index (Phi) is 6.35. The van der Waals surface area contributed by atoms with Gasteiger partial charge in [-0.15, -0.1) is 0 Å². The van der Waals surface area contributed by atoms with Crippen molar-refractivity contribution in [2.24, 2.45) is 5.73 Å². The van der Waals surface area contributed by atoms with Gasteiger partial charge in [-0.2, -0.15) is 0 Å². The van der Waals surface area contributed by atoms with E-state index in [0.717, 1.165) is 39.3 Å². The van der Waals surface area contributed by atoms with E-state index in [0.29, 0.717) is 5.56 Å². The first kappa shape index (κ1) is 22.4. The van der Waals surface area contributed by atoms with Crippen molar-refractivity contribution in [1.29, 1.82) is 0 Å². The maximum Gasteiger partial charge on any atom is 0.326 e. The van der Waals surface area contributed by atoms with Crippen molar-refractivity contribution in [2.45, 2.75) is 33.8 Å². The van der Waals surface area contributed by atoms with E-state index in [9.17, 15) is 19.2 Å². The Bertz CT molecular complexity index is 1100. The van der Waals surface area contributed by atoms with E-state index in [4.69, 9.17) is 10.5 Å². The van der Waals surface area contributed by atoms with Gasteiger partial charge in [0, 0.05) is 22.6 Å². The molecular formula is C22H23N3O5S. The van der Waals surface area contributed by atoms with Gasteiger partial charge in [0.2, 0.25) is 5.91 Å². The number of carbonyl (C=O) groups excluding carboxylic acids is 4. The Morgan fingerprint density at radius 2 is 1.81 bits per heavy atom. The minimum Gasteiger partial charge on any atom is -0.462 e. The molecule has 1 aliphatic heterocycles. The number of rotatable bonds is 6. The number of hydrogen-bond donors (Lipinski definition) is 1. The summed E-state index contributed by atoms with van der Waals surface area (Å²) < 4.78 is 7.00. The number of nitrogens with two attached hydrogens (primary N) is 1. The van der Waals surface area contributed by atoms with Crippen molar-refractivity contribution >= 4 is 40.9 Å². The summed E-state index contributed by atoms with van der Waals surface area (Å²) in [6, 6.07) is 8.78. The molecule has 0 aliphatic carbocycles. The lowest BCUT2D eigenvalue weighted by atomic mass is 10.2. The lowest BCUT2D eigenvalue weighted by molar-refractivity contribution is -0.149. The summed E-state index contributed by atoms with van der Waals surface area (Å²) in [5.74, 6) is -1.65. The summed E-state index contributed by atoms with van der Waals surface area (Å²) >= 11 is 0.792. The topological polar surface area (TPSA) is 112 Å². The van der Waals surface area contributed by atoms with Crippen LogP contribution in [0.25, 0.3) is 11.8 Å². The van der Waals surface area contributed by atoms with Crippen LogP contribution in [-0.4, -0.2) is 45.1 Å². The summed E-state index contributed by atoms with van der Waals surface area (Å²) in [5.41, 5.74) is 9.09. The van der Waals surface area contributed by atoms with Crippen molar-refractivity contribution < 1.29 is 23.9 Å². The highest BCUT2D eigenvalue weighted by molar-refractivity contribution is 8.18. The molecule has 1 fully saturated rings. The number of primary amides is 1. The van der Waals surface area contributed by atoms with Crippen molar-refractivity contribution in [3.05, 3.63) is 57.8 Å². The van der Waals surface area contributed by atoms with Gasteiger partial charge in [-0.25, -0.2) is 0 Å². The monoisotopic (exact) mass is 441 g/mol. The molecule has 162 valence electrons. The highest BCUT2D eigenvalue weighted by Gasteiger charge is 2.37. The Morgan fingerprint density at radius 3 is 2.39 bits per heavy atom. The number of benzene rings is 1. The molecule has 31 heavy (non-hydrogen) atoms. The molecule has 2 heterocycles. The van der Waals surface area contributed by atoms with Crippen LogP contribution in [0.4, 0.5) is 4.79 Å². The zero-order valence-electron chi connectivity index (χ0n) is 17.7. The first-order valence-corrected chi connectivity index (χ1v) is 10.4. The van der Waals surface area contributed by atoms with Crippen LogP contribution in [-0.2, 0) is 14.3 Å². The fraction of sp³-hybridized carbons (Fsp3) is 0.273. The van der Waals surface area contributed by atoms with E-state index in [-0.39, 0.29) is 11.0 Å². The van der Waals surface area contributed by atoms with E-state index >= 15 is 0 Å². The minimum absolute atomic E-state index is 0.242. The number of amides is 3. The van der Waals surface area contributed by atoms with E-state index < -0.39 is 29.6 Å². The Balaban J connectivity index is 1.86. The predicted molar refractivity (Wildman–Crippen MR) is 118 cm³/mol. The average Bonchev–Trinajstić information content (AvgIpc) is 3.11. The number of aromatic nitrogens is 1. The Hall–Kier alpha value is -3.33. The normalized spacial score (nSPS) is 15.3. The summed E-state index contributed by atoms with van der Waals surface area (Å²) in [4.78, 5) is 49.2. The minimum atomic E-state index is -0.629. The molecule has 1 saturated heterocycles. The number of nitrogens with zero attached hydrogens (tertiary/aromatic N) is 2. The number of esters is 1. The number of hydrogen-bond acceptors (Lipinski definition) is 6. The van der Waals surface area contributed by atoms with Gasteiger partial charge < -0.3 is 15.0 Å². The SMILES string of the molecule is Cc1cc(/C=C2/SC(=O)N(CC(=O)OC(C)C)C2=O)c(C)n1-c1ccc(C(N)=O)cc1. The molecule has 2 aromatic rings. The van der Waals surface area contributed by atoms with Crippen molar-refractivity contribution in [1.82, 2.24) is 9.47 Å². The molecule has 9 heteroatoms. The fourth-order valence-electron chi connectivity index (χ4n) is 3.31. The van der Waals surface area contributed by atoms with Crippen LogP contribution in [0.15, 0.2) is 35.2 Å². The highest BCUT2D eigenvalue weighted by Crippen LogP contribution is 2.33. The van der Waals surface area contributed by atoms with E-state index in [1.165, 1.54) is 0 Å². The van der Waals surface area contributed by atoms with Crippen molar-refractivity contribution in [3.63, 3.8) is 0 Å². The zero-order valence-corrected chi connectivity index (χ0v) is 18.5.